The first-order valence-corrected chi connectivity index (χ1v) is 5.72. The van der Waals surface area contributed by atoms with Crippen LogP contribution in [0.1, 0.15) is 12.6 Å². The molecule has 1 atom stereocenters. The summed E-state index contributed by atoms with van der Waals surface area (Å²) in [5.41, 5.74) is 1.70. The molecule has 18 heavy (non-hydrogen) atoms. The summed E-state index contributed by atoms with van der Waals surface area (Å²) in [5.74, 6) is 0.254. The van der Waals surface area contributed by atoms with Gasteiger partial charge in [0, 0.05) is 17.1 Å². The van der Waals surface area contributed by atoms with E-state index in [9.17, 15) is 4.79 Å². The fraction of sp³-hybridized carbons (Fsp3) is 0.286. The first kappa shape index (κ1) is 12.4. The molecule has 0 spiro atoms. The quantitative estimate of drug-likeness (QED) is 0.779. The highest BCUT2D eigenvalue weighted by Crippen LogP contribution is 2.26. The third-order valence-corrected chi connectivity index (χ3v) is 2.64. The van der Waals surface area contributed by atoms with Crippen molar-refractivity contribution >= 4 is 16.9 Å². The number of carbonyl (C=O) groups excluding carboxylic acids is 1. The maximum atomic E-state index is 11.4. The monoisotopic (exact) mass is 245 g/mol. The van der Waals surface area contributed by atoms with E-state index in [2.05, 4.69) is 9.72 Å². The number of aromatic nitrogens is 1. The predicted molar refractivity (Wildman–Crippen MR) is 68.6 cm³/mol. The maximum absolute atomic E-state index is 11.4. The lowest BCUT2D eigenvalue weighted by Crippen LogP contribution is -2.25. The van der Waals surface area contributed by atoms with E-state index in [1.54, 1.807) is 6.92 Å². The number of nitrogens with zero attached hydrogens (tertiary/aromatic N) is 1. The largest absolute Gasteiger partial charge is 0.478 e. The number of pyridine rings is 1. The number of aryl methyl sites for hydroxylation is 1. The summed E-state index contributed by atoms with van der Waals surface area (Å²) < 4.78 is 10.3. The average Bonchev–Trinajstić information content (AvgIpc) is 2.37. The number of para-hydroxylation sites is 1. The molecule has 0 saturated heterocycles. The number of carbonyl (C=O) groups is 1. The molecular formula is C14H15NO3. The molecule has 2 aromatic rings. The second-order valence-corrected chi connectivity index (χ2v) is 4.06. The van der Waals surface area contributed by atoms with Gasteiger partial charge < -0.3 is 9.47 Å². The predicted octanol–water partition coefficient (Wildman–Crippen LogP) is 2.48. The minimum absolute atomic E-state index is 0.395. The van der Waals surface area contributed by atoms with Crippen molar-refractivity contribution in [3.05, 3.63) is 36.0 Å². The van der Waals surface area contributed by atoms with Crippen molar-refractivity contribution < 1.29 is 14.3 Å². The second kappa shape index (κ2) is 5.04. The van der Waals surface area contributed by atoms with Gasteiger partial charge in [0.1, 0.15) is 5.75 Å². The number of esters is 1. The zero-order valence-electron chi connectivity index (χ0n) is 10.6. The Morgan fingerprint density at radius 2 is 2.06 bits per heavy atom. The van der Waals surface area contributed by atoms with Crippen LogP contribution in [-0.4, -0.2) is 24.2 Å². The van der Waals surface area contributed by atoms with Crippen LogP contribution >= 0.6 is 0 Å². The molecule has 0 fully saturated rings. The van der Waals surface area contributed by atoms with Gasteiger partial charge in [-0.3, -0.25) is 4.98 Å². The van der Waals surface area contributed by atoms with E-state index >= 15 is 0 Å². The summed E-state index contributed by atoms with van der Waals surface area (Å²) in [5, 5.41) is 0.888. The first-order valence-electron chi connectivity index (χ1n) is 5.72. The van der Waals surface area contributed by atoms with Crippen LogP contribution in [0.2, 0.25) is 0 Å². The molecule has 0 N–H and O–H groups in total. The second-order valence-electron chi connectivity index (χ2n) is 4.06. The van der Waals surface area contributed by atoms with Crippen molar-refractivity contribution in [2.24, 2.45) is 0 Å². The van der Waals surface area contributed by atoms with Crippen LogP contribution in [0.3, 0.4) is 0 Å². The van der Waals surface area contributed by atoms with Gasteiger partial charge >= 0.3 is 5.97 Å². The minimum Gasteiger partial charge on any atom is -0.478 e. The average molecular weight is 245 g/mol. The lowest BCUT2D eigenvalue weighted by molar-refractivity contribution is -0.147. The van der Waals surface area contributed by atoms with Crippen LogP contribution in [0.4, 0.5) is 0 Å². The molecule has 0 aliphatic rings. The van der Waals surface area contributed by atoms with Gasteiger partial charge in [0.05, 0.1) is 12.6 Å². The molecule has 0 bridgehead atoms. The number of benzene rings is 1. The number of hydrogen-bond donors (Lipinski definition) is 0. The minimum atomic E-state index is -0.639. The Balaban J connectivity index is 2.41. The third kappa shape index (κ3) is 2.42. The SMILES string of the molecule is COC(=O)C(C)Oc1cc(C)nc2ccccc12. The van der Waals surface area contributed by atoms with E-state index in [-0.39, 0.29) is 0 Å². The number of rotatable bonds is 3. The highest BCUT2D eigenvalue weighted by atomic mass is 16.6. The summed E-state index contributed by atoms with van der Waals surface area (Å²) >= 11 is 0. The van der Waals surface area contributed by atoms with Crippen molar-refractivity contribution in [2.75, 3.05) is 7.11 Å². The number of ether oxygens (including phenoxy) is 2. The highest BCUT2D eigenvalue weighted by Gasteiger charge is 2.16. The molecule has 4 heteroatoms. The summed E-state index contributed by atoms with van der Waals surface area (Å²) in [6.45, 7) is 3.55. The van der Waals surface area contributed by atoms with Crippen molar-refractivity contribution in [1.29, 1.82) is 0 Å². The Bertz CT molecular complexity index is 580. The van der Waals surface area contributed by atoms with Gasteiger partial charge in [-0.25, -0.2) is 4.79 Å². The van der Waals surface area contributed by atoms with Crippen molar-refractivity contribution in [2.45, 2.75) is 20.0 Å². The molecule has 2 rings (SSSR count). The number of hydrogen-bond acceptors (Lipinski definition) is 4. The topological polar surface area (TPSA) is 48.4 Å². The molecule has 1 unspecified atom stereocenters. The molecule has 0 saturated carbocycles. The van der Waals surface area contributed by atoms with E-state index in [1.807, 2.05) is 37.3 Å². The highest BCUT2D eigenvalue weighted by molar-refractivity contribution is 5.85. The summed E-state index contributed by atoms with van der Waals surface area (Å²) in [6, 6.07) is 9.48. The van der Waals surface area contributed by atoms with Crippen molar-refractivity contribution in [3.63, 3.8) is 0 Å². The first-order chi connectivity index (χ1) is 8.61. The lowest BCUT2D eigenvalue weighted by Gasteiger charge is -2.14. The summed E-state index contributed by atoms with van der Waals surface area (Å²) in [7, 11) is 1.35. The molecule has 1 aromatic carbocycles. The Morgan fingerprint density at radius 1 is 1.33 bits per heavy atom. The Labute approximate surface area is 106 Å². The van der Waals surface area contributed by atoms with E-state index in [0.717, 1.165) is 16.6 Å². The zero-order valence-corrected chi connectivity index (χ0v) is 10.6. The van der Waals surface area contributed by atoms with Gasteiger partial charge in [0.2, 0.25) is 0 Å². The number of fused-ring (bicyclic) bond motifs is 1. The van der Waals surface area contributed by atoms with Crippen molar-refractivity contribution in [1.82, 2.24) is 4.98 Å². The molecule has 0 aliphatic heterocycles. The molecule has 1 heterocycles. The Kier molecular flexibility index (Phi) is 3.46. The summed E-state index contributed by atoms with van der Waals surface area (Å²) in [4.78, 5) is 15.8. The molecule has 0 aliphatic carbocycles. The standard InChI is InChI=1S/C14H15NO3/c1-9-8-13(18-10(2)14(16)17-3)11-6-4-5-7-12(11)15-9/h4-8,10H,1-3H3. The van der Waals surface area contributed by atoms with Crippen LogP contribution in [-0.2, 0) is 9.53 Å². The van der Waals surface area contributed by atoms with Gasteiger partial charge in [-0.2, -0.15) is 0 Å². The lowest BCUT2D eigenvalue weighted by atomic mass is 10.2. The zero-order chi connectivity index (χ0) is 13.1. The van der Waals surface area contributed by atoms with Gasteiger partial charge in [-0.15, -0.1) is 0 Å². The van der Waals surface area contributed by atoms with E-state index in [1.165, 1.54) is 7.11 Å². The molecule has 4 nitrogen and oxygen atoms in total. The molecule has 1 aromatic heterocycles. The normalized spacial score (nSPS) is 12.2. The van der Waals surface area contributed by atoms with Crippen molar-refractivity contribution in [3.8, 4) is 5.75 Å². The van der Waals surface area contributed by atoms with Crippen LogP contribution < -0.4 is 4.74 Å². The summed E-state index contributed by atoms with van der Waals surface area (Å²) in [6.07, 6.45) is -0.639. The fourth-order valence-corrected chi connectivity index (χ4v) is 1.77. The van der Waals surface area contributed by atoms with Gasteiger partial charge in [-0.05, 0) is 26.0 Å². The van der Waals surface area contributed by atoms with Gasteiger partial charge in [0.25, 0.3) is 0 Å². The molecule has 0 radical (unpaired) electrons. The van der Waals surface area contributed by atoms with E-state index in [0.29, 0.717) is 5.75 Å². The Hall–Kier alpha value is -2.10. The van der Waals surface area contributed by atoms with E-state index < -0.39 is 12.1 Å². The molecule has 0 amide bonds. The van der Waals surface area contributed by atoms with Crippen LogP contribution in [0, 0.1) is 6.92 Å². The number of methoxy groups -OCH3 is 1. The van der Waals surface area contributed by atoms with Gasteiger partial charge in [-0.1, -0.05) is 12.1 Å². The molecular weight excluding hydrogens is 230 g/mol. The molecule has 94 valence electrons. The fourth-order valence-electron chi connectivity index (χ4n) is 1.77. The van der Waals surface area contributed by atoms with Crippen LogP contribution in [0.25, 0.3) is 10.9 Å². The van der Waals surface area contributed by atoms with E-state index in [4.69, 9.17) is 4.74 Å². The van der Waals surface area contributed by atoms with Crippen LogP contribution in [0.15, 0.2) is 30.3 Å². The van der Waals surface area contributed by atoms with Crippen LogP contribution in [0.5, 0.6) is 5.75 Å². The smallest absolute Gasteiger partial charge is 0.346 e. The Morgan fingerprint density at radius 3 is 2.78 bits per heavy atom. The maximum Gasteiger partial charge on any atom is 0.346 e. The third-order valence-electron chi connectivity index (χ3n) is 2.64. The van der Waals surface area contributed by atoms with Gasteiger partial charge in [0.15, 0.2) is 6.10 Å².